The van der Waals surface area contributed by atoms with E-state index in [0.29, 0.717) is 5.02 Å². The molecule has 9 heteroatoms. The van der Waals surface area contributed by atoms with Crippen molar-refractivity contribution >= 4 is 38.9 Å². The first-order chi connectivity index (χ1) is 17.4. The predicted octanol–water partition coefficient (Wildman–Crippen LogP) is 6.32. The van der Waals surface area contributed by atoms with Crippen molar-refractivity contribution in [2.75, 3.05) is 18.0 Å². The minimum Gasteiger partial charge on any atom is -0.495 e. The SMILES string of the molecule is COc1ccc(Cl)cc1N(CC(=O)NN=C1CCCCCCCCCCC1)S(=O)(=O)c1ccccc1. The maximum Gasteiger partial charge on any atom is 0.264 e. The van der Waals surface area contributed by atoms with Crippen LogP contribution in [0.5, 0.6) is 5.75 Å². The van der Waals surface area contributed by atoms with E-state index in [1.165, 1.54) is 57.4 Å². The topological polar surface area (TPSA) is 88.1 Å². The van der Waals surface area contributed by atoms with E-state index in [1.807, 2.05) is 0 Å². The number of anilines is 1. The lowest BCUT2D eigenvalue weighted by atomic mass is 10.00. The number of hydrogen-bond donors (Lipinski definition) is 1. The van der Waals surface area contributed by atoms with Gasteiger partial charge in [-0.2, -0.15) is 5.10 Å². The molecule has 0 bridgehead atoms. The van der Waals surface area contributed by atoms with Crippen molar-refractivity contribution in [3.8, 4) is 5.75 Å². The first-order valence-corrected chi connectivity index (χ1v) is 14.5. The average Bonchev–Trinajstić information content (AvgIpc) is 2.87. The molecule has 3 rings (SSSR count). The van der Waals surface area contributed by atoms with E-state index in [4.69, 9.17) is 16.3 Å². The summed E-state index contributed by atoms with van der Waals surface area (Å²) in [6.45, 7) is -0.468. The van der Waals surface area contributed by atoms with Crippen LogP contribution in [0.1, 0.15) is 70.6 Å². The Morgan fingerprint density at radius 1 is 0.944 bits per heavy atom. The molecule has 1 aliphatic rings. The minimum absolute atomic E-state index is 0.0606. The second kappa shape index (κ2) is 14.2. The molecule has 0 atom stereocenters. The highest BCUT2D eigenvalue weighted by molar-refractivity contribution is 7.92. The first kappa shape index (κ1) is 28.0. The van der Waals surface area contributed by atoms with Crippen LogP contribution in [0.2, 0.25) is 5.02 Å². The highest BCUT2D eigenvalue weighted by Crippen LogP contribution is 2.34. The Morgan fingerprint density at radius 3 is 2.11 bits per heavy atom. The molecule has 196 valence electrons. The third kappa shape index (κ3) is 8.23. The Labute approximate surface area is 219 Å². The van der Waals surface area contributed by atoms with Gasteiger partial charge < -0.3 is 4.74 Å². The molecule has 2 aromatic carbocycles. The molecule has 2 aromatic rings. The van der Waals surface area contributed by atoms with Gasteiger partial charge in [0.2, 0.25) is 0 Å². The summed E-state index contributed by atoms with van der Waals surface area (Å²) in [7, 11) is -2.64. The van der Waals surface area contributed by atoms with Crippen molar-refractivity contribution in [3.05, 3.63) is 53.6 Å². The summed E-state index contributed by atoms with van der Waals surface area (Å²) in [5, 5.41) is 4.74. The Kier molecular flexibility index (Phi) is 11.1. The number of sulfonamides is 1. The van der Waals surface area contributed by atoms with Gasteiger partial charge in [-0.1, -0.05) is 74.7 Å². The fourth-order valence-electron chi connectivity index (χ4n) is 4.32. The maximum absolute atomic E-state index is 13.6. The van der Waals surface area contributed by atoms with E-state index in [0.717, 1.165) is 48.5 Å². The molecular weight excluding hydrogens is 498 g/mol. The molecule has 0 heterocycles. The van der Waals surface area contributed by atoms with Gasteiger partial charge in [0.1, 0.15) is 12.3 Å². The second-order valence-corrected chi connectivity index (χ2v) is 11.3. The van der Waals surface area contributed by atoms with Crippen LogP contribution in [0.3, 0.4) is 0 Å². The second-order valence-electron chi connectivity index (χ2n) is 9.04. The van der Waals surface area contributed by atoms with Gasteiger partial charge >= 0.3 is 0 Å². The molecular formula is C27H36ClN3O4S. The molecule has 0 aromatic heterocycles. The number of nitrogens with zero attached hydrogens (tertiary/aromatic N) is 2. The summed E-state index contributed by atoms with van der Waals surface area (Å²) in [5.41, 5.74) is 3.75. The normalized spacial score (nSPS) is 15.8. The number of methoxy groups -OCH3 is 1. The van der Waals surface area contributed by atoms with Crippen LogP contribution in [0, 0.1) is 0 Å². The van der Waals surface area contributed by atoms with Crippen LogP contribution in [-0.2, 0) is 14.8 Å². The number of nitrogens with one attached hydrogen (secondary N) is 1. The molecule has 36 heavy (non-hydrogen) atoms. The van der Waals surface area contributed by atoms with Crippen LogP contribution in [0.15, 0.2) is 58.5 Å². The summed E-state index contributed by atoms with van der Waals surface area (Å²) in [6.07, 6.45) is 12.4. The van der Waals surface area contributed by atoms with Crippen LogP contribution >= 0.6 is 11.6 Å². The van der Waals surface area contributed by atoms with Crippen molar-refractivity contribution in [2.45, 2.75) is 75.5 Å². The summed E-state index contributed by atoms with van der Waals surface area (Å²) < 4.78 is 33.6. The van der Waals surface area contributed by atoms with Gasteiger partial charge in [0.25, 0.3) is 15.9 Å². The zero-order valence-electron chi connectivity index (χ0n) is 20.9. The summed E-state index contributed by atoms with van der Waals surface area (Å²) in [4.78, 5) is 13.1. The fraction of sp³-hybridized carbons (Fsp3) is 0.481. The first-order valence-electron chi connectivity index (χ1n) is 12.7. The third-order valence-electron chi connectivity index (χ3n) is 6.30. The van der Waals surface area contributed by atoms with E-state index >= 15 is 0 Å². The van der Waals surface area contributed by atoms with Crippen LogP contribution < -0.4 is 14.5 Å². The van der Waals surface area contributed by atoms with Gasteiger partial charge in [0.15, 0.2) is 0 Å². The smallest absolute Gasteiger partial charge is 0.264 e. The van der Waals surface area contributed by atoms with Crippen molar-refractivity contribution in [3.63, 3.8) is 0 Å². The largest absolute Gasteiger partial charge is 0.495 e. The number of hydrogen-bond acceptors (Lipinski definition) is 5. The Balaban J connectivity index is 1.82. The standard InChI is InChI=1S/C27H36ClN3O4S/c1-35-26-19-18-22(28)20-25(26)31(36(33,34)24-16-12-9-13-17-24)21-27(32)30-29-23-14-10-7-5-3-2-4-6-8-11-15-23/h9,12-13,16-20H,2-8,10-11,14-15,21H2,1H3,(H,30,32). The number of rotatable bonds is 7. The number of benzene rings is 2. The molecule has 0 spiro atoms. The third-order valence-corrected chi connectivity index (χ3v) is 8.31. The molecule has 1 amide bonds. The molecule has 1 aliphatic carbocycles. The van der Waals surface area contributed by atoms with Crippen LogP contribution in [0.25, 0.3) is 0 Å². The number of ether oxygens (including phenoxy) is 1. The van der Waals surface area contributed by atoms with E-state index in [2.05, 4.69) is 10.5 Å². The minimum atomic E-state index is -4.08. The van der Waals surface area contributed by atoms with E-state index < -0.39 is 22.5 Å². The van der Waals surface area contributed by atoms with Crippen LogP contribution in [0.4, 0.5) is 5.69 Å². The van der Waals surface area contributed by atoms with Crippen molar-refractivity contribution in [1.29, 1.82) is 0 Å². The number of amides is 1. The highest BCUT2D eigenvalue weighted by Gasteiger charge is 2.29. The summed E-state index contributed by atoms with van der Waals surface area (Å²) >= 11 is 6.19. The van der Waals surface area contributed by atoms with E-state index in [-0.39, 0.29) is 16.3 Å². The molecule has 0 radical (unpaired) electrons. The zero-order valence-corrected chi connectivity index (χ0v) is 22.5. The Bertz CT molecular complexity index is 1110. The quantitative estimate of drug-likeness (QED) is 0.422. The number of carbonyl (C=O) groups excluding carboxylic acids is 1. The average molecular weight is 534 g/mol. The van der Waals surface area contributed by atoms with Crippen molar-refractivity contribution in [2.24, 2.45) is 5.10 Å². The van der Waals surface area contributed by atoms with Crippen LogP contribution in [-0.4, -0.2) is 33.7 Å². The van der Waals surface area contributed by atoms with Gasteiger partial charge in [-0.15, -0.1) is 0 Å². The van der Waals surface area contributed by atoms with E-state index in [9.17, 15) is 13.2 Å². The lowest BCUT2D eigenvalue weighted by Crippen LogP contribution is -2.40. The monoisotopic (exact) mass is 533 g/mol. The van der Waals surface area contributed by atoms with E-state index in [1.54, 1.807) is 30.3 Å². The maximum atomic E-state index is 13.6. The van der Waals surface area contributed by atoms with Crippen molar-refractivity contribution in [1.82, 2.24) is 5.43 Å². The fourth-order valence-corrected chi connectivity index (χ4v) is 5.93. The summed E-state index contributed by atoms with van der Waals surface area (Å²) in [5.74, 6) is -0.243. The van der Waals surface area contributed by atoms with Crippen molar-refractivity contribution < 1.29 is 17.9 Å². The molecule has 0 saturated heterocycles. The Hall–Kier alpha value is -2.58. The van der Waals surface area contributed by atoms with Gasteiger partial charge in [0.05, 0.1) is 17.7 Å². The highest BCUT2D eigenvalue weighted by atomic mass is 35.5. The molecule has 7 nitrogen and oxygen atoms in total. The molecule has 1 fully saturated rings. The molecule has 1 N–H and O–H groups in total. The molecule has 1 saturated carbocycles. The molecule has 0 unspecified atom stereocenters. The zero-order chi connectivity index (χ0) is 25.8. The Morgan fingerprint density at radius 2 is 1.53 bits per heavy atom. The van der Waals surface area contributed by atoms with Gasteiger partial charge in [-0.25, -0.2) is 13.8 Å². The summed E-state index contributed by atoms with van der Waals surface area (Å²) in [6, 6.07) is 12.6. The van der Waals surface area contributed by atoms with Gasteiger partial charge in [-0.05, 0) is 56.0 Å². The van der Waals surface area contributed by atoms with Gasteiger partial charge in [0, 0.05) is 10.7 Å². The molecule has 0 aliphatic heterocycles. The van der Waals surface area contributed by atoms with Gasteiger partial charge in [-0.3, -0.25) is 9.10 Å². The number of halogens is 1. The number of carbonyl (C=O) groups is 1. The number of hydrazone groups is 1. The lowest BCUT2D eigenvalue weighted by molar-refractivity contribution is -0.119. The predicted molar refractivity (Wildman–Crippen MR) is 145 cm³/mol. The lowest BCUT2D eigenvalue weighted by Gasteiger charge is -2.25.